The van der Waals surface area contributed by atoms with E-state index >= 15 is 0 Å². The Labute approximate surface area is 121 Å². The minimum atomic E-state index is -4.85. The van der Waals surface area contributed by atoms with Crippen LogP contribution in [0.1, 0.15) is 40.0 Å². The molecule has 122 valence electrons. The Kier molecular flexibility index (Phi) is 5.47. The molecule has 0 saturated heterocycles. The van der Waals surface area contributed by atoms with Crippen LogP contribution in [-0.2, 0) is 9.53 Å². The van der Waals surface area contributed by atoms with Crippen LogP contribution in [0.4, 0.5) is 18.0 Å². The maximum atomic E-state index is 12.0. The quantitative estimate of drug-likeness (QED) is 0.841. The summed E-state index contributed by atoms with van der Waals surface area (Å²) in [6, 6.07) is -0.132. The summed E-state index contributed by atoms with van der Waals surface area (Å²) in [5, 5.41) is 4.56. The van der Waals surface area contributed by atoms with Gasteiger partial charge in [-0.3, -0.25) is 4.79 Å². The van der Waals surface area contributed by atoms with E-state index in [9.17, 15) is 22.8 Å². The van der Waals surface area contributed by atoms with Gasteiger partial charge in [-0.05, 0) is 46.0 Å². The number of ether oxygens (including phenoxy) is 1. The van der Waals surface area contributed by atoms with Crippen LogP contribution in [0, 0.1) is 5.92 Å². The molecule has 8 heteroatoms. The van der Waals surface area contributed by atoms with E-state index in [1.54, 1.807) is 20.8 Å². The first-order valence-corrected chi connectivity index (χ1v) is 6.82. The summed E-state index contributed by atoms with van der Waals surface area (Å²) in [5.74, 6) is -2.00. The largest absolute Gasteiger partial charge is 0.471 e. The molecule has 2 amide bonds. The van der Waals surface area contributed by atoms with Gasteiger partial charge in [0.1, 0.15) is 5.60 Å². The lowest BCUT2D eigenvalue weighted by Gasteiger charge is -2.21. The third kappa shape index (κ3) is 6.68. The second-order valence-corrected chi connectivity index (χ2v) is 6.23. The monoisotopic (exact) mass is 310 g/mol. The van der Waals surface area contributed by atoms with E-state index < -0.39 is 23.8 Å². The Hall–Kier alpha value is -1.47. The molecule has 2 N–H and O–H groups in total. The number of hydrogen-bond acceptors (Lipinski definition) is 3. The summed E-state index contributed by atoms with van der Waals surface area (Å²) in [6.07, 6.45) is -3.55. The van der Waals surface area contributed by atoms with Gasteiger partial charge in [0.15, 0.2) is 0 Å². The molecular weight excluding hydrogens is 289 g/mol. The van der Waals surface area contributed by atoms with Gasteiger partial charge in [0.05, 0.1) is 0 Å². The zero-order valence-corrected chi connectivity index (χ0v) is 12.3. The van der Waals surface area contributed by atoms with Gasteiger partial charge < -0.3 is 15.4 Å². The molecule has 0 unspecified atom stereocenters. The molecule has 0 heterocycles. The average molecular weight is 310 g/mol. The van der Waals surface area contributed by atoms with Crippen molar-refractivity contribution in [3.63, 3.8) is 0 Å². The maximum Gasteiger partial charge on any atom is 0.471 e. The number of alkyl halides is 3. The van der Waals surface area contributed by atoms with Gasteiger partial charge in [-0.25, -0.2) is 4.79 Å². The molecule has 21 heavy (non-hydrogen) atoms. The van der Waals surface area contributed by atoms with Gasteiger partial charge in [-0.1, -0.05) is 0 Å². The summed E-state index contributed by atoms with van der Waals surface area (Å²) in [6.45, 7) is 5.20. The molecule has 1 aliphatic carbocycles. The molecular formula is C13H21F3N2O3. The lowest BCUT2D eigenvalue weighted by atomic mass is 10.1. The molecule has 1 aliphatic rings. The molecule has 0 spiro atoms. The summed E-state index contributed by atoms with van der Waals surface area (Å²) in [5.41, 5.74) is -0.594. The molecule has 0 bridgehead atoms. The zero-order chi connectivity index (χ0) is 16.3. The minimum Gasteiger partial charge on any atom is -0.444 e. The topological polar surface area (TPSA) is 67.4 Å². The highest BCUT2D eigenvalue weighted by molar-refractivity contribution is 5.81. The smallest absolute Gasteiger partial charge is 0.444 e. The second kappa shape index (κ2) is 6.53. The Morgan fingerprint density at radius 2 is 1.81 bits per heavy atom. The Bertz CT molecular complexity index is 391. The van der Waals surface area contributed by atoms with E-state index in [2.05, 4.69) is 5.32 Å². The predicted octanol–water partition coefficient (Wildman–Crippen LogP) is 2.36. The van der Waals surface area contributed by atoms with Crippen molar-refractivity contribution >= 4 is 12.0 Å². The van der Waals surface area contributed by atoms with E-state index in [1.165, 1.54) is 0 Å². The number of alkyl carbamates (subject to hydrolysis) is 1. The van der Waals surface area contributed by atoms with Crippen LogP contribution in [0.5, 0.6) is 0 Å². The fourth-order valence-electron chi connectivity index (χ4n) is 2.20. The molecule has 2 atom stereocenters. The summed E-state index contributed by atoms with van der Waals surface area (Å²) in [7, 11) is 0. The molecule has 0 aliphatic heterocycles. The molecule has 1 fully saturated rings. The first-order valence-electron chi connectivity index (χ1n) is 6.82. The highest BCUT2D eigenvalue weighted by atomic mass is 19.4. The molecule has 5 nitrogen and oxygen atoms in total. The third-order valence-electron chi connectivity index (χ3n) is 3.07. The fourth-order valence-corrected chi connectivity index (χ4v) is 2.20. The van der Waals surface area contributed by atoms with Crippen molar-refractivity contribution in [1.29, 1.82) is 0 Å². The van der Waals surface area contributed by atoms with Crippen molar-refractivity contribution < 1.29 is 27.5 Å². The van der Waals surface area contributed by atoms with Gasteiger partial charge in [0.2, 0.25) is 0 Å². The fraction of sp³-hybridized carbons (Fsp3) is 0.846. The van der Waals surface area contributed by atoms with E-state index in [0.29, 0.717) is 19.3 Å². The van der Waals surface area contributed by atoms with Crippen LogP contribution in [-0.4, -0.2) is 36.4 Å². The van der Waals surface area contributed by atoms with Gasteiger partial charge >= 0.3 is 18.2 Å². The number of carbonyl (C=O) groups excluding carboxylic acids is 2. The van der Waals surface area contributed by atoms with E-state index in [0.717, 1.165) is 0 Å². The highest BCUT2D eigenvalue weighted by Crippen LogP contribution is 2.25. The van der Waals surface area contributed by atoms with Gasteiger partial charge in [-0.2, -0.15) is 13.2 Å². The van der Waals surface area contributed by atoms with Crippen molar-refractivity contribution in [3.05, 3.63) is 0 Å². The van der Waals surface area contributed by atoms with Crippen molar-refractivity contribution in [1.82, 2.24) is 10.6 Å². The van der Waals surface area contributed by atoms with Gasteiger partial charge in [0, 0.05) is 12.6 Å². The number of rotatable bonds is 3. The van der Waals surface area contributed by atoms with E-state index in [-0.39, 0.29) is 18.5 Å². The highest BCUT2D eigenvalue weighted by Gasteiger charge is 2.39. The van der Waals surface area contributed by atoms with Crippen LogP contribution in [0.2, 0.25) is 0 Å². The number of carbonyl (C=O) groups is 2. The lowest BCUT2D eigenvalue weighted by Crippen LogP contribution is -2.40. The van der Waals surface area contributed by atoms with Crippen molar-refractivity contribution in [2.45, 2.75) is 57.9 Å². The molecule has 0 aromatic rings. The Morgan fingerprint density at radius 3 is 2.33 bits per heavy atom. The number of nitrogens with one attached hydrogen (secondary N) is 2. The Balaban J connectivity index is 2.30. The molecule has 0 aromatic heterocycles. The first kappa shape index (κ1) is 17.6. The zero-order valence-electron chi connectivity index (χ0n) is 12.3. The van der Waals surface area contributed by atoms with Crippen LogP contribution < -0.4 is 10.6 Å². The second-order valence-electron chi connectivity index (χ2n) is 6.23. The average Bonchev–Trinajstić information content (AvgIpc) is 2.69. The molecule has 1 rings (SSSR count). The number of hydrogen-bond donors (Lipinski definition) is 2. The normalized spacial score (nSPS) is 22.8. The molecule has 0 radical (unpaired) electrons. The number of halogens is 3. The summed E-state index contributed by atoms with van der Waals surface area (Å²) >= 11 is 0. The Morgan fingerprint density at radius 1 is 1.19 bits per heavy atom. The van der Waals surface area contributed by atoms with E-state index in [1.807, 2.05) is 5.32 Å². The number of amides is 2. The minimum absolute atomic E-state index is 0.0369. The summed E-state index contributed by atoms with van der Waals surface area (Å²) < 4.78 is 41.2. The van der Waals surface area contributed by atoms with E-state index in [4.69, 9.17) is 4.74 Å². The SMILES string of the molecule is CC(C)(C)OC(=O)N[C@H]1CC[C@@H](CNC(=O)C(F)(F)F)C1. The van der Waals surface area contributed by atoms with Gasteiger partial charge in [-0.15, -0.1) is 0 Å². The third-order valence-corrected chi connectivity index (χ3v) is 3.07. The molecule has 0 aromatic carbocycles. The standard InChI is InChI=1S/C13H21F3N2O3/c1-12(2,3)21-11(20)18-9-5-4-8(6-9)7-17-10(19)13(14,15)16/h8-9H,4-7H2,1-3H3,(H,17,19)(H,18,20)/t8-,9+/m1/s1. The first-order chi connectivity index (χ1) is 9.47. The van der Waals surface area contributed by atoms with Crippen LogP contribution in [0.3, 0.4) is 0 Å². The lowest BCUT2D eigenvalue weighted by molar-refractivity contribution is -0.173. The van der Waals surface area contributed by atoms with Crippen LogP contribution in [0.15, 0.2) is 0 Å². The van der Waals surface area contributed by atoms with Gasteiger partial charge in [0.25, 0.3) is 0 Å². The maximum absolute atomic E-state index is 12.0. The summed E-state index contributed by atoms with van der Waals surface area (Å²) in [4.78, 5) is 22.3. The predicted molar refractivity (Wildman–Crippen MR) is 69.6 cm³/mol. The molecule has 1 saturated carbocycles. The van der Waals surface area contributed by atoms with Crippen molar-refractivity contribution in [2.24, 2.45) is 5.92 Å². The van der Waals surface area contributed by atoms with Crippen LogP contribution in [0.25, 0.3) is 0 Å². The van der Waals surface area contributed by atoms with Crippen molar-refractivity contribution in [3.8, 4) is 0 Å². The van der Waals surface area contributed by atoms with Crippen molar-refractivity contribution in [2.75, 3.05) is 6.54 Å². The van der Waals surface area contributed by atoms with Crippen LogP contribution >= 0.6 is 0 Å².